The Bertz CT molecular complexity index is 504. The SMILES string of the molecule is CCOC(=O)[C@@H]1CCC[C@H]1NC(=O)Nc1ccc(F)cc1. The van der Waals surface area contributed by atoms with Gasteiger partial charge in [0, 0.05) is 11.7 Å². The number of ether oxygens (including phenoxy) is 1. The minimum absolute atomic E-state index is 0.218. The van der Waals surface area contributed by atoms with Crippen LogP contribution in [0, 0.1) is 11.7 Å². The van der Waals surface area contributed by atoms with Gasteiger partial charge in [-0.05, 0) is 44.0 Å². The molecule has 0 aromatic heterocycles. The van der Waals surface area contributed by atoms with Crippen molar-refractivity contribution in [3.63, 3.8) is 0 Å². The Balaban J connectivity index is 1.89. The first kappa shape index (κ1) is 15.3. The first-order valence-electron chi connectivity index (χ1n) is 7.10. The Kier molecular flexibility index (Phi) is 5.14. The molecule has 0 spiro atoms. The summed E-state index contributed by atoms with van der Waals surface area (Å²) in [5.41, 5.74) is 0.500. The molecule has 0 heterocycles. The second kappa shape index (κ2) is 7.06. The maximum atomic E-state index is 12.8. The van der Waals surface area contributed by atoms with E-state index in [1.807, 2.05) is 0 Å². The highest BCUT2D eigenvalue weighted by Crippen LogP contribution is 2.27. The monoisotopic (exact) mass is 294 g/mol. The first-order valence-corrected chi connectivity index (χ1v) is 7.10. The van der Waals surface area contributed by atoms with Crippen LogP contribution in [0.5, 0.6) is 0 Å². The molecule has 2 amide bonds. The number of urea groups is 1. The number of hydrogen-bond acceptors (Lipinski definition) is 3. The van der Waals surface area contributed by atoms with Crippen molar-refractivity contribution in [3.8, 4) is 0 Å². The predicted octanol–water partition coefficient (Wildman–Crippen LogP) is 2.68. The topological polar surface area (TPSA) is 67.4 Å². The molecule has 1 saturated carbocycles. The van der Waals surface area contributed by atoms with Crippen LogP contribution in [0.15, 0.2) is 24.3 Å². The van der Waals surface area contributed by atoms with Crippen LogP contribution in [0.1, 0.15) is 26.2 Å². The highest BCUT2D eigenvalue weighted by molar-refractivity contribution is 5.90. The summed E-state index contributed by atoms with van der Waals surface area (Å²) in [5, 5.41) is 5.41. The van der Waals surface area contributed by atoms with Crippen LogP contribution in [0.2, 0.25) is 0 Å². The van der Waals surface area contributed by atoms with Crippen molar-refractivity contribution in [3.05, 3.63) is 30.1 Å². The number of esters is 1. The van der Waals surface area contributed by atoms with E-state index in [9.17, 15) is 14.0 Å². The quantitative estimate of drug-likeness (QED) is 0.839. The van der Waals surface area contributed by atoms with Crippen molar-refractivity contribution >= 4 is 17.7 Å². The van der Waals surface area contributed by atoms with Gasteiger partial charge in [0.25, 0.3) is 0 Å². The molecule has 1 fully saturated rings. The zero-order chi connectivity index (χ0) is 15.2. The van der Waals surface area contributed by atoms with Crippen molar-refractivity contribution in [2.24, 2.45) is 5.92 Å². The molecule has 0 unspecified atom stereocenters. The molecule has 21 heavy (non-hydrogen) atoms. The lowest BCUT2D eigenvalue weighted by atomic mass is 10.0. The molecule has 1 aliphatic rings. The number of rotatable bonds is 4. The molecule has 2 atom stereocenters. The number of hydrogen-bond donors (Lipinski definition) is 2. The van der Waals surface area contributed by atoms with E-state index in [0.29, 0.717) is 12.3 Å². The summed E-state index contributed by atoms with van der Waals surface area (Å²) in [7, 11) is 0. The third kappa shape index (κ3) is 4.18. The lowest BCUT2D eigenvalue weighted by molar-refractivity contribution is -0.148. The van der Waals surface area contributed by atoms with E-state index < -0.39 is 6.03 Å². The lowest BCUT2D eigenvalue weighted by Crippen LogP contribution is -2.42. The highest BCUT2D eigenvalue weighted by atomic mass is 19.1. The van der Waals surface area contributed by atoms with Gasteiger partial charge in [-0.1, -0.05) is 6.42 Å². The van der Waals surface area contributed by atoms with Gasteiger partial charge >= 0.3 is 12.0 Å². The van der Waals surface area contributed by atoms with Crippen molar-refractivity contribution in [1.82, 2.24) is 5.32 Å². The molecule has 1 aromatic carbocycles. The van der Waals surface area contributed by atoms with Gasteiger partial charge in [-0.15, -0.1) is 0 Å². The van der Waals surface area contributed by atoms with Gasteiger partial charge in [0.15, 0.2) is 0 Å². The summed E-state index contributed by atoms with van der Waals surface area (Å²) in [6, 6.07) is 4.88. The number of carbonyl (C=O) groups is 2. The second-order valence-corrected chi connectivity index (χ2v) is 5.00. The van der Waals surface area contributed by atoms with Crippen LogP contribution in [-0.2, 0) is 9.53 Å². The summed E-state index contributed by atoms with van der Waals surface area (Å²) >= 11 is 0. The van der Waals surface area contributed by atoms with Crippen LogP contribution in [0.25, 0.3) is 0 Å². The summed E-state index contributed by atoms with van der Waals surface area (Å²) in [6.45, 7) is 2.10. The van der Waals surface area contributed by atoms with E-state index in [1.165, 1.54) is 24.3 Å². The molecular formula is C15H19FN2O3. The van der Waals surface area contributed by atoms with Crippen LogP contribution in [0.3, 0.4) is 0 Å². The summed E-state index contributed by atoms with van der Waals surface area (Å²) < 4.78 is 17.8. The predicted molar refractivity (Wildman–Crippen MR) is 76.3 cm³/mol. The fourth-order valence-corrected chi connectivity index (χ4v) is 2.53. The Hall–Kier alpha value is -2.11. The number of nitrogens with one attached hydrogen (secondary N) is 2. The van der Waals surface area contributed by atoms with Crippen LogP contribution in [-0.4, -0.2) is 24.6 Å². The Morgan fingerprint density at radius 2 is 2.00 bits per heavy atom. The smallest absolute Gasteiger partial charge is 0.319 e. The number of halogens is 1. The Morgan fingerprint density at radius 1 is 1.29 bits per heavy atom. The fraction of sp³-hybridized carbons (Fsp3) is 0.467. The Labute approximate surface area is 122 Å². The van der Waals surface area contributed by atoms with E-state index in [4.69, 9.17) is 4.74 Å². The van der Waals surface area contributed by atoms with E-state index in [2.05, 4.69) is 10.6 Å². The van der Waals surface area contributed by atoms with Gasteiger partial charge in [0.1, 0.15) is 5.82 Å². The number of benzene rings is 1. The Morgan fingerprint density at radius 3 is 2.67 bits per heavy atom. The lowest BCUT2D eigenvalue weighted by Gasteiger charge is -2.19. The van der Waals surface area contributed by atoms with E-state index >= 15 is 0 Å². The standard InChI is InChI=1S/C15H19FN2O3/c1-2-21-14(19)12-4-3-5-13(12)18-15(20)17-11-8-6-10(16)7-9-11/h6-9,12-13H,2-5H2,1H3,(H2,17,18,20)/t12-,13-/m1/s1. The molecule has 0 bridgehead atoms. The zero-order valence-electron chi connectivity index (χ0n) is 11.9. The maximum Gasteiger partial charge on any atom is 0.319 e. The summed E-state index contributed by atoms with van der Waals surface area (Å²) in [6.07, 6.45) is 2.35. The second-order valence-electron chi connectivity index (χ2n) is 5.00. The van der Waals surface area contributed by atoms with Gasteiger partial charge in [-0.2, -0.15) is 0 Å². The molecule has 5 nitrogen and oxygen atoms in total. The largest absolute Gasteiger partial charge is 0.466 e. The number of anilines is 1. The average molecular weight is 294 g/mol. The van der Waals surface area contributed by atoms with Crippen molar-refractivity contribution in [2.45, 2.75) is 32.2 Å². The van der Waals surface area contributed by atoms with Crippen molar-refractivity contribution in [2.75, 3.05) is 11.9 Å². The number of amides is 2. The van der Waals surface area contributed by atoms with Crippen LogP contribution >= 0.6 is 0 Å². The third-order valence-corrected chi connectivity index (χ3v) is 3.52. The summed E-state index contributed by atoms with van der Waals surface area (Å²) in [5.74, 6) is -0.912. The van der Waals surface area contributed by atoms with Crippen LogP contribution in [0.4, 0.5) is 14.9 Å². The molecule has 0 aliphatic heterocycles. The van der Waals surface area contributed by atoms with Crippen molar-refractivity contribution < 1.29 is 18.7 Å². The highest BCUT2D eigenvalue weighted by Gasteiger charge is 2.35. The van der Waals surface area contributed by atoms with Gasteiger partial charge in [0.2, 0.25) is 0 Å². The number of carbonyl (C=O) groups excluding carboxylic acids is 2. The molecular weight excluding hydrogens is 275 g/mol. The minimum atomic E-state index is -0.400. The average Bonchev–Trinajstić information content (AvgIpc) is 2.90. The summed E-state index contributed by atoms with van der Waals surface area (Å²) in [4.78, 5) is 23.7. The molecule has 0 saturated heterocycles. The zero-order valence-corrected chi connectivity index (χ0v) is 11.9. The van der Waals surface area contributed by atoms with E-state index in [0.717, 1.165) is 19.3 Å². The molecule has 1 aliphatic carbocycles. The molecule has 114 valence electrons. The van der Waals surface area contributed by atoms with Gasteiger partial charge in [-0.25, -0.2) is 9.18 Å². The minimum Gasteiger partial charge on any atom is -0.466 e. The normalized spacial score (nSPS) is 20.9. The molecule has 0 radical (unpaired) electrons. The van der Waals surface area contributed by atoms with E-state index in [-0.39, 0.29) is 23.7 Å². The van der Waals surface area contributed by atoms with Crippen molar-refractivity contribution in [1.29, 1.82) is 0 Å². The van der Waals surface area contributed by atoms with Gasteiger partial charge in [-0.3, -0.25) is 4.79 Å². The molecule has 2 rings (SSSR count). The van der Waals surface area contributed by atoms with Gasteiger partial charge in [0.05, 0.1) is 12.5 Å². The van der Waals surface area contributed by atoms with Crippen LogP contribution < -0.4 is 10.6 Å². The fourth-order valence-electron chi connectivity index (χ4n) is 2.53. The molecule has 2 N–H and O–H groups in total. The van der Waals surface area contributed by atoms with E-state index in [1.54, 1.807) is 6.92 Å². The molecule has 6 heteroatoms. The first-order chi connectivity index (χ1) is 10.1. The molecule has 1 aromatic rings. The maximum absolute atomic E-state index is 12.8. The van der Waals surface area contributed by atoms with Gasteiger partial charge < -0.3 is 15.4 Å². The third-order valence-electron chi connectivity index (χ3n) is 3.52.